The molecule has 9 nitrogen and oxygen atoms in total. The van der Waals surface area contributed by atoms with Crippen molar-refractivity contribution >= 4 is 26.8 Å². The van der Waals surface area contributed by atoms with Gasteiger partial charge in [0, 0.05) is 18.7 Å². The minimum absolute atomic E-state index is 0.0764. The fourth-order valence-electron chi connectivity index (χ4n) is 4.28. The molecule has 1 fully saturated rings. The topological polar surface area (TPSA) is 111 Å². The predicted molar refractivity (Wildman–Crippen MR) is 124 cm³/mol. The highest BCUT2D eigenvalue weighted by atomic mass is 32.2. The first kappa shape index (κ1) is 22.9. The van der Waals surface area contributed by atoms with Gasteiger partial charge in [0.25, 0.3) is 11.5 Å². The van der Waals surface area contributed by atoms with E-state index in [2.05, 4.69) is 10.4 Å². The highest BCUT2D eigenvalue weighted by Gasteiger charge is 2.34. The number of aromatic nitrogens is 2. The number of sulfonamides is 1. The molecule has 2 atom stereocenters. The van der Waals surface area contributed by atoms with Crippen LogP contribution < -0.4 is 15.7 Å². The molecule has 0 spiro atoms. The normalized spacial score (nSPS) is 19.4. The summed E-state index contributed by atoms with van der Waals surface area (Å²) in [6, 6.07) is 11.0. The van der Waals surface area contributed by atoms with Gasteiger partial charge >= 0.3 is 0 Å². The number of carbonyl (C=O) groups is 1. The predicted octanol–water partition coefficient (Wildman–Crippen LogP) is 2.46. The molecule has 2 aromatic carbocycles. The molecule has 3 aromatic rings. The maximum atomic E-state index is 13.4. The lowest BCUT2D eigenvalue weighted by Crippen LogP contribution is -2.42. The monoisotopic (exact) mass is 470 g/mol. The Morgan fingerprint density at radius 3 is 2.52 bits per heavy atom. The van der Waals surface area contributed by atoms with E-state index in [-0.39, 0.29) is 28.0 Å². The Morgan fingerprint density at radius 1 is 1.12 bits per heavy atom. The van der Waals surface area contributed by atoms with Gasteiger partial charge < -0.3 is 4.74 Å². The van der Waals surface area contributed by atoms with Crippen molar-refractivity contribution in [3.05, 3.63) is 64.7 Å². The van der Waals surface area contributed by atoms with Crippen molar-refractivity contribution in [1.29, 1.82) is 0 Å². The van der Waals surface area contributed by atoms with Gasteiger partial charge in [0.15, 0.2) is 0 Å². The molecule has 1 saturated heterocycles. The molecular formula is C23H26N4O5S. The minimum Gasteiger partial charge on any atom is -0.495 e. The maximum Gasteiger partial charge on any atom is 0.280 e. The van der Waals surface area contributed by atoms with Crippen molar-refractivity contribution in [2.45, 2.75) is 25.2 Å². The lowest BCUT2D eigenvalue weighted by atomic mass is 9.94. The van der Waals surface area contributed by atoms with Crippen molar-refractivity contribution in [2.24, 2.45) is 11.8 Å². The van der Waals surface area contributed by atoms with E-state index in [1.54, 1.807) is 24.3 Å². The van der Waals surface area contributed by atoms with Crippen LogP contribution in [0.1, 0.15) is 30.6 Å². The standard InChI is InChI=1S/C23H26N4O5S/c1-15-10-16(2)13-26(12-15)33(30,31)21-11-17(8-9-20(21)32-3)22(28)25-27-14-24-19-7-5-4-6-18(19)23(27)29/h4-9,11,14-16H,10,12-13H2,1-3H3,(H,25,28)/t15-,16-/m1/s1. The molecule has 4 rings (SSSR count). The lowest BCUT2D eigenvalue weighted by molar-refractivity contribution is 0.101. The van der Waals surface area contributed by atoms with Crippen LogP contribution in [0.25, 0.3) is 10.9 Å². The van der Waals surface area contributed by atoms with E-state index in [0.29, 0.717) is 24.0 Å². The van der Waals surface area contributed by atoms with Gasteiger partial charge in [-0.3, -0.25) is 15.0 Å². The van der Waals surface area contributed by atoms with E-state index in [1.807, 2.05) is 13.8 Å². The molecule has 33 heavy (non-hydrogen) atoms. The fourth-order valence-corrected chi connectivity index (χ4v) is 6.14. The molecule has 1 N–H and O–H groups in total. The SMILES string of the molecule is COc1ccc(C(=O)Nn2cnc3ccccc3c2=O)cc1S(=O)(=O)N1C[C@H](C)C[C@@H](C)C1. The van der Waals surface area contributed by atoms with Crippen LogP contribution >= 0.6 is 0 Å². The van der Waals surface area contributed by atoms with Crippen molar-refractivity contribution in [3.8, 4) is 5.75 Å². The van der Waals surface area contributed by atoms with Crippen LogP contribution in [0.4, 0.5) is 0 Å². The van der Waals surface area contributed by atoms with Gasteiger partial charge in [0.05, 0.1) is 18.0 Å². The summed E-state index contributed by atoms with van der Waals surface area (Å²) in [5.74, 6) is -0.0304. The average molecular weight is 471 g/mol. The Hall–Kier alpha value is -3.24. The van der Waals surface area contributed by atoms with Gasteiger partial charge in [-0.15, -0.1) is 0 Å². The molecule has 0 aliphatic carbocycles. The molecule has 174 valence electrons. The van der Waals surface area contributed by atoms with Crippen molar-refractivity contribution in [2.75, 3.05) is 25.6 Å². The number of piperidine rings is 1. The van der Waals surface area contributed by atoms with Gasteiger partial charge in [0.1, 0.15) is 17.0 Å². The number of rotatable bonds is 5. The number of fused-ring (bicyclic) bond motifs is 1. The molecule has 2 heterocycles. The molecular weight excluding hydrogens is 444 g/mol. The number of nitrogens with one attached hydrogen (secondary N) is 1. The second-order valence-corrected chi connectivity index (χ2v) is 10.4. The number of para-hydroxylation sites is 1. The summed E-state index contributed by atoms with van der Waals surface area (Å²) in [7, 11) is -2.50. The first-order valence-electron chi connectivity index (χ1n) is 10.7. The maximum absolute atomic E-state index is 13.4. The molecule has 0 bridgehead atoms. The third kappa shape index (κ3) is 4.49. The summed E-state index contributed by atoms with van der Waals surface area (Å²) in [6.07, 6.45) is 2.18. The summed E-state index contributed by atoms with van der Waals surface area (Å²) in [4.78, 5) is 29.7. The second kappa shape index (κ2) is 8.95. The molecule has 1 aliphatic rings. The molecule has 1 amide bonds. The van der Waals surface area contributed by atoms with Gasteiger partial charge in [-0.25, -0.2) is 18.1 Å². The summed E-state index contributed by atoms with van der Waals surface area (Å²) in [5.41, 5.74) is 2.63. The number of carbonyl (C=O) groups excluding carboxylic acids is 1. The highest BCUT2D eigenvalue weighted by Crippen LogP contribution is 2.32. The van der Waals surface area contributed by atoms with Crippen molar-refractivity contribution in [3.63, 3.8) is 0 Å². The number of nitrogens with zero attached hydrogens (tertiary/aromatic N) is 3. The zero-order valence-electron chi connectivity index (χ0n) is 18.7. The molecule has 0 unspecified atom stereocenters. The van der Waals surface area contributed by atoms with E-state index >= 15 is 0 Å². The highest BCUT2D eigenvalue weighted by molar-refractivity contribution is 7.89. The van der Waals surface area contributed by atoms with E-state index in [4.69, 9.17) is 4.74 Å². The zero-order chi connectivity index (χ0) is 23.8. The van der Waals surface area contributed by atoms with Crippen molar-refractivity contribution in [1.82, 2.24) is 14.0 Å². The van der Waals surface area contributed by atoms with Crippen LogP contribution in [0.15, 0.2) is 58.5 Å². The van der Waals surface area contributed by atoms with Crippen molar-refractivity contribution < 1.29 is 17.9 Å². The first-order valence-corrected chi connectivity index (χ1v) is 12.1. The Balaban J connectivity index is 1.67. The third-order valence-corrected chi connectivity index (χ3v) is 7.62. The Kier molecular flexibility index (Phi) is 6.22. The third-order valence-electron chi connectivity index (χ3n) is 5.77. The van der Waals surface area contributed by atoms with E-state index in [0.717, 1.165) is 11.1 Å². The fraction of sp³-hybridized carbons (Fsp3) is 0.348. The van der Waals surface area contributed by atoms with E-state index in [1.165, 1.54) is 35.9 Å². The summed E-state index contributed by atoms with van der Waals surface area (Å²) in [5, 5.41) is 0.353. The van der Waals surface area contributed by atoms with Crippen LogP contribution in [0.5, 0.6) is 5.75 Å². The van der Waals surface area contributed by atoms with Crippen LogP contribution in [0, 0.1) is 11.8 Å². The Labute approximate surface area is 192 Å². The van der Waals surface area contributed by atoms with E-state index < -0.39 is 21.5 Å². The smallest absolute Gasteiger partial charge is 0.280 e. The minimum atomic E-state index is -3.89. The van der Waals surface area contributed by atoms with Gasteiger partial charge in [-0.2, -0.15) is 4.31 Å². The molecule has 1 aromatic heterocycles. The number of hydrogen-bond donors (Lipinski definition) is 1. The van der Waals surface area contributed by atoms with Gasteiger partial charge in [-0.1, -0.05) is 26.0 Å². The quantitative estimate of drug-likeness (QED) is 0.613. The second-order valence-electron chi connectivity index (χ2n) is 8.51. The number of methoxy groups -OCH3 is 1. The molecule has 1 aliphatic heterocycles. The molecule has 0 radical (unpaired) electrons. The number of benzene rings is 2. The summed E-state index contributed by atoms with van der Waals surface area (Å²) in [6.45, 7) is 4.86. The van der Waals surface area contributed by atoms with Crippen LogP contribution in [0.3, 0.4) is 0 Å². The Bertz CT molecular complexity index is 1360. The lowest BCUT2D eigenvalue weighted by Gasteiger charge is -2.34. The first-order chi connectivity index (χ1) is 15.7. The van der Waals surface area contributed by atoms with Crippen LogP contribution in [-0.4, -0.2) is 48.5 Å². The van der Waals surface area contributed by atoms with Crippen LogP contribution in [-0.2, 0) is 10.0 Å². The molecule has 0 saturated carbocycles. The number of amides is 1. The summed E-state index contributed by atoms with van der Waals surface area (Å²) < 4.78 is 34.6. The largest absolute Gasteiger partial charge is 0.495 e. The number of ether oxygens (including phenoxy) is 1. The van der Waals surface area contributed by atoms with Gasteiger partial charge in [0.2, 0.25) is 10.0 Å². The average Bonchev–Trinajstić information content (AvgIpc) is 2.80. The summed E-state index contributed by atoms with van der Waals surface area (Å²) >= 11 is 0. The van der Waals surface area contributed by atoms with Crippen LogP contribution in [0.2, 0.25) is 0 Å². The van der Waals surface area contributed by atoms with E-state index in [9.17, 15) is 18.0 Å². The Morgan fingerprint density at radius 2 is 1.82 bits per heavy atom. The number of hydrogen-bond acceptors (Lipinski definition) is 6. The zero-order valence-corrected chi connectivity index (χ0v) is 19.5. The van der Waals surface area contributed by atoms with Gasteiger partial charge in [-0.05, 0) is 48.6 Å². The molecule has 10 heteroatoms.